The molecular weight excluding hydrogens is 422 g/mol. The van der Waals surface area contributed by atoms with Gasteiger partial charge in [-0.05, 0) is 6.42 Å². The van der Waals surface area contributed by atoms with Gasteiger partial charge >= 0.3 is 77.0 Å². The van der Waals surface area contributed by atoms with Gasteiger partial charge in [0.05, 0.1) is 0 Å². The molecule has 0 bridgehead atoms. The van der Waals surface area contributed by atoms with Crippen molar-refractivity contribution in [2.75, 3.05) is 0 Å². The molecule has 0 saturated carbocycles. The van der Waals surface area contributed by atoms with E-state index in [9.17, 15) is 19.5 Å². The number of esters is 2. The quantitative estimate of drug-likeness (QED) is 0.0907. The monoisotopic (exact) mass is 464 g/mol. The Morgan fingerprint density at radius 3 is 1.39 bits per heavy atom. The van der Waals surface area contributed by atoms with Crippen molar-refractivity contribution in [1.82, 2.24) is 0 Å². The molecule has 0 saturated heterocycles. The minimum atomic E-state index is -2.30. The van der Waals surface area contributed by atoms with Gasteiger partial charge in [0.25, 0.3) is 0 Å². The van der Waals surface area contributed by atoms with E-state index in [4.69, 9.17) is 10.2 Å². The predicted octanol–water partition coefficient (Wildman–Crippen LogP) is -1.64. The average Bonchev–Trinajstić information content (AvgIpc) is 2.69. The van der Waals surface area contributed by atoms with Gasteiger partial charge in [0.2, 0.25) is 0 Å². The van der Waals surface area contributed by atoms with Crippen molar-refractivity contribution in [2.45, 2.75) is 122 Å². The number of carboxylic acid groups (broad SMARTS) is 1. The Morgan fingerprint density at radius 2 is 1.03 bits per heavy atom. The third kappa shape index (κ3) is 22.1. The Morgan fingerprint density at radius 1 is 0.677 bits per heavy atom. The van der Waals surface area contributed by atoms with Crippen LogP contribution in [0.25, 0.3) is 0 Å². The first kappa shape index (κ1) is 36.1. The molecule has 0 amide bonds. The Labute approximate surface area is 234 Å². The fourth-order valence-corrected chi connectivity index (χ4v) is 3.13. The van der Waals surface area contributed by atoms with Gasteiger partial charge in [-0.15, -0.1) is 0 Å². The molecule has 31 heavy (non-hydrogen) atoms. The van der Waals surface area contributed by atoms with E-state index in [-0.39, 0.29) is 68.4 Å². The summed E-state index contributed by atoms with van der Waals surface area (Å²) in [6, 6.07) is 0. The Hall–Kier alpha value is 0.530. The zero-order valence-corrected chi connectivity index (χ0v) is 23.9. The first-order valence-corrected chi connectivity index (χ1v) is 11.2. The van der Waals surface area contributed by atoms with Crippen molar-refractivity contribution < 1.29 is 96.4 Å². The van der Waals surface area contributed by atoms with Crippen LogP contribution >= 0.6 is 0 Å². The summed E-state index contributed by atoms with van der Waals surface area (Å²) in [7, 11) is 0. The summed E-state index contributed by atoms with van der Waals surface area (Å²) in [4.78, 5) is 33.3. The van der Waals surface area contributed by atoms with Crippen molar-refractivity contribution in [3.8, 4) is 0 Å². The molecule has 0 fully saturated rings. The van der Waals surface area contributed by atoms with Gasteiger partial charge in [-0.1, -0.05) is 96.8 Å². The number of hydrogen-bond donors (Lipinski definition) is 3. The number of aliphatic hydroxyl groups excluding tert-OH is 2. The van der Waals surface area contributed by atoms with Crippen molar-refractivity contribution >= 4 is 17.9 Å². The van der Waals surface area contributed by atoms with Crippen LogP contribution in [0.5, 0.6) is 0 Å². The number of ether oxygens (including phenoxy) is 1. The molecule has 0 spiro atoms. The Kier molecular flexibility index (Phi) is 29.3. The Balaban J connectivity index is -0.000000653. The normalized spacial score (nSPS) is 12.2. The van der Waals surface area contributed by atoms with E-state index in [1.54, 1.807) is 0 Å². The number of rotatable bonds is 19. The van der Waals surface area contributed by atoms with Crippen LogP contribution in [-0.4, -0.2) is 45.4 Å². The average molecular weight is 465 g/mol. The van der Waals surface area contributed by atoms with Crippen LogP contribution in [0.15, 0.2) is 0 Å². The molecule has 0 radical (unpaired) electrons. The SMILES string of the molecule is CCCCCCCCCCCCCCCCCC(=O)OC(=O)C(O)C(O)C(=O)O.[H-].[H-].[Na+].[Na+]. The maximum atomic E-state index is 11.5. The number of carbonyl (C=O) groups is 3. The van der Waals surface area contributed by atoms with Gasteiger partial charge in [0.1, 0.15) is 0 Å². The van der Waals surface area contributed by atoms with Gasteiger partial charge in [0.15, 0.2) is 12.2 Å². The second-order valence-corrected chi connectivity index (χ2v) is 7.72. The predicted molar refractivity (Wildman–Crippen MR) is 113 cm³/mol. The molecular formula is C22H42Na2O7. The van der Waals surface area contributed by atoms with E-state index in [0.717, 1.165) is 19.3 Å². The molecule has 0 heterocycles. The van der Waals surface area contributed by atoms with Crippen molar-refractivity contribution in [2.24, 2.45) is 0 Å². The smallest absolute Gasteiger partial charge is 1.00 e. The van der Waals surface area contributed by atoms with Gasteiger partial charge in [-0.25, -0.2) is 9.59 Å². The molecule has 0 aromatic rings. The van der Waals surface area contributed by atoms with Gasteiger partial charge in [-0.3, -0.25) is 4.79 Å². The van der Waals surface area contributed by atoms with E-state index < -0.39 is 30.1 Å². The van der Waals surface area contributed by atoms with Gasteiger partial charge < -0.3 is 22.9 Å². The van der Waals surface area contributed by atoms with Crippen LogP contribution in [0.1, 0.15) is 113 Å². The molecule has 3 N–H and O–H groups in total. The van der Waals surface area contributed by atoms with Crippen LogP contribution < -0.4 is 59.1 Å². The second-order valence-electron chi connectivity index (χ2n) is 7.72. The van der Waals surface area contributed by atoms with E-state index in [0.29, 0.717) is 6.42 Å². The van der Waals surface area contributed by atoms with Crippen molar-refractivity contribution in [3.05, 3.63) is 0 Å². The Bertz CT molecular complexity index is 472. The first-order valence-electron chi connectivity index (χ1n) is 11.2. The third-order valence-electron chi connectivity index (χ3n) is 4.99. The standard InChI is InChI=1S/C22H40O7.2Na.2H/c1-2-3-4-5-6-7-8-9-10-11-12-13-14-15-16-17-18(23)29-22(28)20(25)19(24)21(26)27;;;;/h19-20,24-25H,2-17H2,1H3,(H,26,27);;;;/q;2*+1;2*-1. The molecule has 0 aliphatic heterocycles. The molecule has 2 unspecified atom stereocenters. The van der Waals surface area contributed by atoms with Gasteiger partial charge in [0, 0.05) is 6.42 Å². The molecule has 174 valence electrons. The molecule has 0 aromatic heterocycles. The number of hydrogen-bond acceptors (Lipinski definition) is 6. The maximum Gasteiger partial charge on any atom is 1.00 e. The van der Waals surface area contributed by atoms with E-state index >= 15 is 0 Å². The van der Waals surface area contributed by atoms with Crippen LogP contribution in [0.2, 0.25) is 0 Å². The summed E-state index contributed by atoms with van der Waals surface area (Å²) in [5, 5.41) is 26.8. The zero-order valence-electron chi connectivity index (χ0n) is 21.9. The zero-order chi connectivity index (χ0) is 21.9. The molecule has 0 aromatic carbocycles. The fourth-order valence-electron chi connectivity index (χ4n) is 3.13. The third-order valence-corrected chi connectivity index (χ3v) is 4.99. The summed E-state index contributed by atoms with van der Waals surface area (Å²) >= 11 is 0. The topological polar surface area (TPSA) is 121 Å². The molecule has 9 heteroatoms. The van der Waals surface area contributed by atoms with Crippen molar-refractivity contribution in [3.63, 3.8) is 0 Å². The number of carboxylic acids is 1. The van der Waals surface area contributed by atoms with Crippen molar-refractivity contribution in [1.29, 1.82) is 0 Å². The number of unbranched alkanes of at least 4 members (excludes halogenated alkanes) is 14. The molecule has 0 aliphatic carbocycles. The van der Waals surface area contributed by atoms with E-state index in [1.807, 2.05) is 0 Å². The van der Waals surface area contributed by atoms with Gasteiger partial charge in [-0.2, -0.15) is 0 Å². The summed E-state index contributed by atoms with van der Waals surface area (Å²) in [5.41, 5.74) is 0. The number of aliphatic hydroxyl groups is 2. The first-order chi connectivity index (χ1) is 13.9. The summed E-state index contributed by atoms with van der Waals surface area (Å²) in [5.74, 6) is -4.02. The summed E-state index contributed by atoms with van der Waals surface area (Å²) in [6.45, 7) is 2.24. The largest absolute Gasteiger partial charge is 1.00 e. The number of aliphatic carboxylic acids is 1. The van der Waals surface area contributed by atoms with Crippen LogP contribution in [-0.2, 0) is 19.1 Å². The fraction of sp³-hybridized carbons (Fsp3) is 0.864. The van der Waals surface area contributed by atoms with Crippen LogP contribution in [0.3, 0.4) is 0 Å². The van der Waals surface area contributed by atoms with E-state index in [1.165, 1.54) is 70.6 Å². The van der Waals surface area contributed by atoms with Crippen LogP contribution in [0, 0.1) is 0 Å². The van der Waals surface area contributed by atoms with E-state index in [2.05, 4.69) is 11.7 Å². The molecule has 2 atom stereocenters. The minimum absolute atomic E-state index is 0. The summed E-state index contributed by atoms with van der Waals surface area (Å²) in [6.07, 6.45) is 13.5. The summed E-state index contributed by atoms with van der Waals surface area (Å²) < 4.78 is 4.35. The second kappa shape index (κ2) is 25.2. The minimum Gasteiger partial charge on any atom is -1.00 e. The molecule has 0 rings (SSSR count). The number of carbonyl (C=O) groups excluding carboxylic acids is 2. The maximum absolute atomic E-state index is 11.5. The van der Waals surface area contributed by atoms with Crippen LogP contribution in [0.4, 0.5) is 0 Å². The molecule has 0 aliphatic rings. The molecule has 7 nitrogen and oxygen atoms in total.